The van der Waals surface area contributed by atoms with Gasteiger partial charge in [0.2, 0.25) is 11.4 Å². The molecule has 0 saturated carbocycles. The van der Waals surface area contributed by atoms with Crippen LogP contribution < -0.4 is 5.56 Å². The number of carbonyl (C=O) groups is 1. The maximum atomic E-state index is 13.0. The monoisotopic (exact) mass is 365 g/mol. The molecule has 2 heterocycles. The van der Waals surface area contributed by atoms with E-state index < -0.39 is 11.5 Å². The molecule has 0 bridgehead atoms. The standard InChI is InChI=1S/C19H12FN3O4/c20-12-7-5-11(6-8-12)18-22-17(27-23-18)10-26-19(25)14-9-16(24)21-15-4-2-1-3-13(14)15/h1-9H,10H2,(H,21,24). The highest BCUT2D eigenvalue weighted by atomic mass is 19.1. The van der Waals surface area contributed by atoms with Crippen LogP contribution in [0, 0.1) is 5.82 Å². The number of benzene rings is 2. The molecule has 134 valence electrons. The average molecular weight is 365 g/mol. The van der Waals surface area contributed by atoms with Crippen LogP contribution in [0.4, 0.5) is 4.39 Å². The number of para-hydroxylation sites is 1. The van der Waals surface area contributed by atoms with Gasteiger partial charge in [0.05, 0.1) is 5.56 Å². The number of hydrogen-bond donors (Lipinski definition) is 1. The molecule has 0 saturated heterocycles. The van der Waals surface area contributed by atoms with Crippen molar-refractivity contribution in [1.29, 1.82) is 0 Å². The molecule has 0 atom stereocenters. The quantitative estimate of drug-likeness (QED) is 0.558. The van der Waals surface area contributed by atoms with Crippen molar-refractivity contribution in [1.82, 2.24) is 15.1 Å². The molecule has 0 radical (unpaired) electrons. The van der Waals surface area contributed by atoms with Gasteiger partial charge in [0, 0.05) is 22.5 Å². The summed E-state index contributed by atoms with van der Waals surface area (Å²) in [5, 5.41) is 4.35. The minimum Gasteiger partial charge on any atom is -0.452 e. The predicted molar refractivity (Wildman–Crippen MR) is 93.4 cm³/mol. The lowest BCUT2D eigenvalue weighted by Gasteiger charge is -2.05. The third kappa shape index (κ3) is 3.45. The zero-order valence-electron chi connectivity index (χ0n) is 13.8. The zero-order chi connectivity index (χ0) is 18.8. The molecule has 2 aromatic carbocycles. The molecular weight excluding hydrogens is 353 g/mol. The third-order valence-corrected chi connectivity index (χ3v) is 3.87. The first-order chi connectivity index (χ1) is 13.1. The fraction of sp³-hybridized carbons (Fsp3) is 0.0526. The lowest BCUT2D eigenvalue weighted by molar-refractivity contribution is 0.0432. The smallest absolute Gasteiger partial charge is 0.339 e. The van der Waals surface area contributed by atoms with E-state index in [4.69, 9.17) is 9.26 Å². The summed E-state index contributed by atoms with van der Waals surface area (Å²) in [7, 11) is 0. The SMILES string of the molecule is O=C(OCc1nc(-c2ccc(F)cc2)no1)c1cc(=O)[nH]c2ccccc12. The zero-order valence-corrected chi connectivity index (χ0v) is 13.8. The van der Waals surface area contributed by atoms with Gasteiger partial charge in [-0.15, -0.1) is 0 Å². The Kier molecular flexibility index (Phi) is 4.21. The van der Waals surface area contributed by atoms with Crippen LogP contribution in [0.5, 0.6) is 0 Å². The molecule has 8 heteroatoms. The van der Waals surface area contributed by atoms with Crippen molar-refractivity contribution in [3.8, 4) is 11.4 Å². The van der Waals surface area contributed by atoms with Crippen LogP contribution in [-0.2, 0) is 11.3 Å². The van der Waals surface area contributed by atoms with Crippen molar-refractivity contribution in [3.63, 3.8) is 0 Å². The van der Waals surface area contributed by atoms with Crippen LogP contribution in [0.15, 0.2) is 63.9 Å². The van der Waals surface area contributed by atoms with E-state index in [-0.39, 0.29) is 29.7 Å². The number of rotatable bonds is 4. The highest BCUT2D eigenvalue weighted by molar-refractivity contribution is 6.03. The van der Waals surface area contributed by atoms with Gasteiger partial charge in [-0.05, 0) is 30.3 Å². The molecule has 0 aliphatic rings. The Labute approximate surface area is 151 Å². The second-order valence-corrected chi connectivity index (χ2v) is 5.69. The minimum absolute atomic E-state index is 0.0804. The number of esters is 1. The number of halogens is 1. The number of H-pyrrole nitrogens is 1. The Morgan fingerprint density at radius 3 is 2.74 bits per heavy atom. The lowest BCUT2D eigenvalue weighted by atomic mass is 10.1. The second kappa shape index (κ2) is 6.83. The largest absolute Gasteiger partial charge is 0.452 e. The topological polar surface area (TPSA) is 98.1 Å². The molecule has 0 unspecified atom stereocenters. The van der Waals surface area contributed by atoms with Crippen molar-refractivity contribution in [3.05, 3.63) is 82.2 Å². The molecule has 0 amide bonds. The summed E-state index contributed by atoms with van der Waals surface area (Å²) in [4.78, 5) is 30.9. The number of ether oxygens (including phenoxy) is 1. The first-order valence-electron chi connectivity index (χ1n) is 7.98. The molecule has 2 aromatic heterocycles. The lowest BCUT2D eigenvalue weighted by Crippen LogP contribution is -2.13. The molecule has 1 N–H and O–H groups in total. The Bertz CT molecular complexity index is 1180. The summed E-state index contributed by atoms with van der Waals surface area (Å²) in [6, 6.07) is 13.7. The van der Waals surface area contributed by atoms with Crippen molar-refractivity contribution in [2.45, 2.75) is 6.61 Å². The Balaban J connectivity index is 1.52. The molecule has 0 aliphatic heterocycles. The number of nitrogens with one attached hydrogen (secondary N) is 1. The van der Waals surface area contributed by atoms with Gasteiger partial charge >= 0.3 is 5.97 Å². The van der Waals surface area contributed by atoms with Crippen molar-refractivity contribution in [2.75, 3.05) is 0 Å². The van der Waals surface area contributed by atoms with Crippen LogP contribution in [0.3, 0.4) is 0 Å². The number of fused-ring (bicyclic) bond motifs is 1. The van der Waals surface area contributed by atoms with E-state index in [1.165, 1.54) is 30.3 Å². The minimum atomic E-state index is -0.682. The molecule has 4 aromatic rings. The van der Waals surface area contributed by atoms with Gasteiger partial charge in [-0.1, -0.05) is 23.4 Å². The number of aromatic nitrogens is 3. The molecule has 0 spiro atoms. The van der Waals surface area contributed by atoms with Crippen LogP contribution in [0.2, 0.25) is 0 Å². The van der Waals surface area contributed by atoms with E-state index in [9.17, 15) is 14.0 Å². The molecule has 27 heavy (non-hydrogen) atoms. The van der Waals surface area contributed by atoms with Gasteiger partial charge in [-0.2, -0.15) is 4.98 Å². The van der Waals surface area contributed by atoms with Crippen molar-refractivity contribution < 1.29 is 18.4 Å². The fourth-order valence-electron chi connectivity index (χ4n) is 2.61. The third-order valence-electron chi connectivity index (χ3n) is 3.87. The number of hydrogen-bond acceptors (Lipinski definition) is 6. The maximum Gasteiger partial charge on any atom is 0.339 e. The normalized spacial score (nSPS) is 10.9. The summed E-state index contributed by atoms with van der Waals surface area (Å²) < 4.78 is 23.2. The van der Waals surface area contributed by atoms with E-state index in [2.05, 4.69) is 15.1 Å². The van der Waals surface area contributed by atoms with Crippen LogP contribution in [0.1, 0.15) is 16.2 Å². The second-order valence-electron chi connectivity index (χ2n) is 5.69. The van der Waals surface area contributed by atoms with E-state index in [0.29, 0.717) is 16.5 Å². The van der Waals surface area contributed by atoms with E-state index in [0.717, 1.165) is 0 Å². The van der Waals surface area contributed by atoms with Crippen LogP contribution in [-0.4, -0.2) is 21.1 Å². The summed E-state index contributed by atoms with van der Waals surface area (Å²) in [5.74, 6) is -0.722. The fourth-order valence-corrected chi connectivity index (χ4v) is 2.61. The van der Waals surface area contributed by atoms with Crippen LogP contribution >= 0.6 is 0 Å². The highest BCUT2D eigenvalue weighted by Crippen LogP contribution is 2.18. The Morgan fingerprint density at radius 1 is 1.15 bits per heavy atom. The molecule has 4 rings (SSSR count). The number of aromatic amines is 1. The van der Waals surface area contributed by atoms with Crippen molar-refractivity contribution >= 4 is 16.9 Å². The molecular formula is C19H12FN3O4. The van der Waals surface area contributed by atoms with Gasteiger partial charge in [0.25, 0.3) is 5.89 Å². The molecule has 0 aliphatic carbocycles. The number of nitrogens with zero attached hydrogens (tertiary/aromatic N) is 2. The maximum absolute atomic E-state index is 13.0. The number of carbonyl (C=O) groups excluding carboxylic acids is 1. The van der Waals surface area contributed by atoms with Crippen molar-refractivity contribution in [2.24, 2.45) is 0 Å². The summed E-state index contributed by atoms with van der Waals surface area (Å²) in [6.07, 6.45) is 0. The summed E-state index contributed by atoms with van der Waals surface area (Å²) in [6.45, 7) is -0.256. The molecule has 0 fully saturated rings. The van der Waals surface area contributed by atoms with Gasteiger partial charge in [0.15, 0.2) is 6.61 Å². The Morgan fingerprint density at radius 2 is 1.93 bits per heavy atom. The predicted octanol–water partition coefficient (Wildman–Crippen LogP) is 3.07. The van der Waals surface area contributed by atoms with E-state index >= 15 is 0 Å². The summed E-state index contributed by atoms with van der Waals surface area (Å²) in [5.41, 5.74) is 0.844. The number of pyridine rings is 1. The van der Waals surface area contributed by atoms with Gasteiger partial charge in [-0.25, -0.2) is 9.18 Å². The Hall–Kier alpha value is -3.81. The highest BCUT2D eigenvalue weighted by Gasteiger charge is 2.15. The van der Waals surface area contributed by atoms with Crippen LogP contribution in [0.25, 0.3) is 22.3 Å². The van der Waals surface area contributed by atoms with E-state index in [1.54, 1.807) is 24.3 Å². The summed E-state index contributed by atoms with van der Waals surface area (Å²) >= 11 is 0. The first kappa shape index (κ1) is 16.6. The van der Waals surface area contributed by atoms with E-state index in [1.807, 2.05) is 0 Å². The molecule has 7 nitrogen and oxygen atoms in total. The van der Waals surface area contributed by atoms with Gasteiger partial charge in [0.1, 0.15) is 5.82 Å². The average Bonchev–Trinajstić information content (AvgIpc) is 3.15. The first-order valence-corrected chi connectivity index (χ1v) is 7.98. The van der Waals surface area contributed by atoms with Gasteiger partial charge < -0.3 is 14.2 Å². The van der Waals surface area contributed by atoms with Gasteiger partial charge in [-0.3, -0.25) is 4.79 Å².